The van der Waals surface area contributed by atoms with Crippen molar-refractivity contribution in [2.45, 2.75) is 39.6 Å². The second-order valence-corrected chi connectivity index (χ2v) is 7.88. The van der Waals surface area contributed by atoms with Crippen molar-refractivity contribution in [3.05, 3.63) is 108 Å². The fourth-order valence-electron chi connectivity index (χ4n) is 3.09. The second-order valence-electron chi connectivity index (χ2n) is 7.88. The van der Waals surface area contributed by atoms with Gasteiger partial charge in [0.1, 0.15) is 19.8 Å². The summed E-state index contributed by atoms with van der Waals surface area (Å²) in [5, 5.41) is 3.94. The molecule has 0 saturated heterocycles. The molecule has 3 aromatic rings. The smallest absolute Gasteiger partial charge is 0.437 e. The minimum atomic E-state index is -0.859. The molecule has 0 spiro atoms. The molecule has 0 aliphatic carbocycles. The number of ether oxygens (including phenoxy) is 2. The summed E-state index contributed by atoms with van der Waals surface area (Å²) in [7, 11) is 0. The highest BCUT2D eigenvalue weighted by Gasteiger charge is 2.19. The molecule has 0 heterocycles. The van der Waals surface area contributed by atoms with Crippen LogP contribution < -0.4 is 5.32 Å². The number of nitrogens with one attached hydrogen (secondary N) is 1. The van der Waals surface area contributed by atoms with Gasteiger partial charge in [-0.3, -0.25) is 10.2 Å². The van der Waals surface area contributed by atoms with Crippen molar-refractivity contribution in [3.63, 3.8) is 0 Å². The molecule has 0 unspecified atom stereocenters. The number of nitrogens with zero attached hydrogens (tertiary/aromatic N) is 2. The van der Waals surface area contributed by atoms with Crippen LogP contribution in [0.25, 0.3) is 0 Å². The quantitative estimate of drug-likeness (QED) is 0.219. The summed E-state index contributed by atoms with van der Waals surface area (Å²) in [6.45, 7) is 2.77. The summed E-state index contributed by atoms with van der Waals surface area (Å²) in [4.78, 5) is 35.1. The third kappa shape index (κ3) is 9.60. The van der Waals surface area contributed by atoms with Crippen molar-refractivity contribution in [2.75, 3.05) is 6.54 Å². The highest BCUT2D eigenvalue weighted by atomic mass is 16.7. The van der Waals surface area contributed by atoms with E-state index in [9.17, 15) is 9.59 Å². The van der Waals surface area contributed by atoms with Gasteiger partial charge in [0.15, 0.2) is 0 Å². The number of hydrogen-bond donors (Lipinski definition) is 1. The Morgan fingerprint density at radius 1 is 0.750 bits per heavy atom. The molecule has 3 aromatic carbocycles. The van der Waals surface area contributed by atoms with E-state index in [1.807, 2.05) is 97.9 Å². The first-order chi connectivity index (χ1) is 17.6. The van der Waals surface area contributed by atoms with Gasteiger partial charge in [0.2, 0.25) is 5.96 Å². The molecule has 36 heavy (non-hydrogen) atoms. The van der Waals surface area contributed by atoms with E-state index in [-0.39, 0.29) is 25.8 Å². The highest BCUT2D eigenvalue weighted by molar-refractivity contribution is 5.98. The molecular weight excluding hydrogens is 458 g/mol. The Hall–Kier alpha value is -4.17. The van der Waals surface area contributed by atoms with Gasteiger partial charge in [-0.15, -0.1) is 4.99 Å². The number of carbonyl (C=O) groups excluding carboxylic acids is 2. The van der Waals surface area contributed by atoms with E-state index in [1.54, 1.807) is 0 Å². The SMILES string of the molecule is CCCCN(OCc1ccccc1)/C(=N\C(=O)OCc1ccccc1)NC(=O)OCc1ccccc1. The average Bonchev–Trinajstić information content (AvgIpc) is 2.92. The van der Waals surface area contributed by atoms with Crippen LogP contribution in [0.4, 0.5) is 9.59 Å². The molecule has 2 amide bonds. The van der Waals surface area contributed by atoms with Crippen LogP contribution in [0.5, 0.6) is 0 Å². The molecule has 188 valence electrons. The molecule has 0 aliphatic rings. The third-order valence-electron chi connectivity index (χ3n) is 5.01. The standard InChI is InChI=1S/C28H31N3O5/c1-2-3-19-31(36-22-25-17-11-6-12-18-25)26(29-27(32)34-20-23-13-7-4-8-14-23)30-28(33)35-21-24-15-9-5-10-16-24/h4-18H,2-3,19-22H2,1H3,(H,29,30,32,33). The van der Waals surface area contributed by atoms with Gasteiger partial charge in [0.25, 0.3) is 0 Å². The first-order valence-electron chi connectivity index (χ1n) is 11.9. The number of benzene rings is 3. The van der Waals surface area contributed by atoms with Crippen molar-refractivity contribution < 1.29 is 23.9 Å². The lowest BCUT2D eigenvalue weighted by Crippen LogP contribution is -2.45. The van der Waals surface area contributed by atoms with Crippen molar-refractivity contribution in [1.82, 2.24) is 10.4 Å². The Labute approximate surface area is 211 Å². The van der Waals surface area contributed by atoms with Crippen LogP contribution in [0, 0.1) is 0 Å². The molecule has 0 bridgehead atoms. The van der Waals surface area contributed by atoms with E-state index in [0.29, 0.717) is 6.54 Å². The van der Waals surface area contributed by atoms with Crippen molar-refractivity contribution in [1.29, 1.82) is 0 Å². The summed E-state index contributed by atoms with van der Waals surface area (Å²) in [5.74, 6) is -0.101. The fourth-order valence-corrected chi connectivity index (χ4v) is 3.09. The van der Waals surface area contributed by atoms with Crippen LogP contribution in [0.3, 0.4) is 0 Å². The van der Waals surface area contributed by atoms with Crippen molar-refractivity contribution in [3.8, 4) is 0 Å². The first kappa shape index (κ1) is 26.4. The molecule has 0 aliphatic heterocycles. The Morgan fingerprint density at radius 3 is 1.78 bits per heavy atom. The van der Waals surface area contributed by atoms with Crippen molar-refractivity contribution in [2.24, 2.45) is 4.99 Å². The zero-order chi connectivity index (χ0) is 25.4. The Bertz CT molecular complexity index is 1090. The lowest BCUT2D eigenvalue weighted by atomic mass is 10.2. The van der Waals surface area contributed by atoms with Gasteiger partial charge in [0, 0.05) is 6.54 Å². The maximum absolute atomic E-state index is 12.6. The number of unbranched alkanes of at least 4 members (excludes halogenated alkanes) is 1. The number of aliphatic imine (C=N–C) groups is 1. The van der Waals surface area contributed by atoms with Gasteiger partial charge in [-0.2, -0.15) is 0 Å². The van der Waals surface area contributed by atoms with E-state index in [2.05, 4.69) is 10.3 Å². The molecule has 0 aromatic heterocycles. The van der Waals surface area contributed by atoms with Crippen LogP contribution in [-0.2, 0) is 34.1 Å². The number of hydroxylamine groups is 2. The Balaban J connectivity index is 1.72. The summed E-state index contributed by atoms with van der Waals surface area (Å²) in [6, 6.07) is 28.1. The van der Waals surface area contributed by atoms with E-state index in [1.165, 1.54) is 5.06 Å². The van der Waals surface area contributed by atoms with Crippen LogP contribution in [0.15, 0.2) is 96.0 Å². The zero-order valence-electron chi connectivity index (χ0n) is 20.3. The summed E-state index contributed by atoms with van der Waals surface area (Å²) in [6.07, 6.45) is -0.0106. The average molecular weight is 490 g/mol. The normalized spacial score (nSPS) is 11.0. The van der Waals surface area contributed by atoms with Crippen LogP contribution in [-0.4, -0.2) is 29.8 Å². The van der Waals surface area contributed by atoms with E-state index >= 15 is 0 Å². The molecule has 0 fully saturated rings. The molecule has 1 N–H and O–H groups in total. The second kappa shape index (κ2) is 15.0. The molecule has 3 rings (SSSR count). The zero-order valence-corrected chi connectivity index (χ0v) is 20.3. The summed E-state index contributed by atoms with van der Waals surface area (Å²) in [5.41, 5.74) is 2.58. The molecular formula is C28H31N3O5. The van der Waals surface area contributed by atoms with Gasteiger partial charge in [-0.1, -0.05) is 104 Å². The monoisotopic (exact) mass is 489 g/mol. The van der Waals surface area contributed by atoms with Crippen molar-refractivity contribution >= 4 is 18.1 Å². The number of hydrogen-bond acceptors (Lipinski definition) is 5. The number of rotatable bonds is 10. The van der Waals surface area contributed by atoms with Gasteiger partial charge < -0.3 is 9.47 Å². The Morgan fingerprint density at radius 2 is 1.25 bits per heavy atom. The van der Waals surface area contributed by atoms with Gasteiger partial charge in [0.05, 0.1) is 0 Å². The first-order valence-corrected chi connectivity index (χ1v) is 11.9. The summed E-state index contributed by atoms with van der Waals surface area (Å²) < 4.78 is 10.6. The van der Waals surface area contributed by atoms with Crippen LogP contribution in [0.2, 0.25) is 0 Å². The van der Waals surface area contributed by atoms with Crippen LogP contribution in [0.1, 0.15) is 36.5 Å². The Kier molecular flexibility index (Phi) is 11.0. The predicted molar refractivity (Wildman–Crippen MR) is 137 cm³/mol. The van der Waals surface area contributed by atoms with E-state index < -0.39 is 12.2 Å². The lowest BCUT2D eigenvalue weighted by Gasteiger charge is -2.25. The number of alkyl carbamates (subject to hydrolysis) is 1. The molecule has 0 atom stereocenters. The summed E-state index contributed by atoms with van der Waals surface area (Å²) >= 11 is 0. The predicted octanol–water partition coefficient (Wildman–Crippen LogP) is 5.84. The molecule has 8 nitrogen and oxygen atoms in total. The van der Waals surface area contributed by atoms with E-state index in [4.69, 9.17) is 14.3 Å². The van der Waals surface area contributed by atoms with Gasteiger partial charge >= 0.3 is 12.2 Å². The van der Waals surface area contributed by atoms with Gasteiger partial charge in [-0.05, 0) is 23.1 Å². The van der Waals surface area contributed by atoms with Crippen LogP contribution >= 0.6 is 0 Å². The topological polar surface area (TPSA) is 89.5 Å². The lowest BCUT2D eigenvalue weighted by molar-refractivity contribution is -0.114. The highest BCUT2D eigenvalue weighted by Crippen LogP contribution is 2.08. The number of guanidine groups is 1. The minimum Gasteiger partial charge on any atom is -0.444 e. The van der Waals surface area contributed by atoms with Gasteiger partial charge in [-0.25, -0.2) is 14.7 Å². The maximum Gasteiger partial charge on any atom is 0.437 e. The minimum absolute atomic E-state index is 0.0503. The largest absolute Gasteiger partial charge is 0.444 e. The maximum atomic E-state index is 12.6. The fraction of sp³-hybridized carbons (Fsp3) is 0.250. The molecule has 8 heteroatoms. The molecule has 0 saturated carbocycles. The molecule has 0 radical (unpaired) electrons. The number of carbonyl (C=O) groups is 2. The number of amides is 2. The van der Waals surface area contributed by atoms with E-state index in [0.717, 1.165) is 29.5 Å². The third-order valence-corrected chi connectivity index (χ3v) is 5.01.